The van der Waals surface area contributed by atoms with Gasteiger partial charge in [-0.1, -0.05) is 12.1 Å². The first-order valence-corrected chi connectivity index (χ1v) is 5.72. The number of aryl methyl sites for hydroxylation is 1. The molecule has 0 aliphatic rings. The predicted octanol–water partition coefficient (Wildman–Crippen LogP) is 0.764. The van der Waals surface area contributed by atoms with Crippen LogP contribution in [0, 0.1) is 18.3 Å². The number of rotatable bonds is 5. The van der Waals surface area contributed by atoms with E-state index in [-0.39, 0.29) is 18.5 Å². The average molecular weight is 261 g/mol. The second-order valence-electron chi connectivity index (χ2n) is 3.87. The SMILES string of the molecule is Cc1cccc(C(=O)OCC(=O)NCCC#N)c1N. The van der Waals surface area contributed by atoms with E-state index in [1.54, 1.807) is 19.1 Å². The van der Waals surface area contributed by atoms with Crippen LogP contribution in [-0.2, 0) is 9.53 Å². The standard InChI is InChI=1S/C13H15N3O3/c1-9-4-2-5-10(12(9)15)13(18)19-8-11(17)16-7-3-6-14/h2,4-5H,3,7-8,15H2,1H3,(H,16,17). The van der Waals surface area contributed by atoms with Gasteiger partial charge < -0.3 is 15.8 Å². The molecule has 100 valence electrons. The highest BCUT2D eigenvalue weighted by molar-refractivity contribution is 5.96. The van der Waals surface area contributed by atoms with Crippen LogP contribution in [-0.4, -0.2) is 25.0 Å². The fourth-order valence-corrected chi connectivity index (χ4v) is 1.38. The third-order valence-corrected chi connectivity index (χ3v) is 2.44. The van der Waals surface area contributed by atoms with Crippen molar-refractivity contribution in [2.24, 2.45) is 0 Å². The number of nitrogens with two attached hydrogens (primary N) is 1. The number of hydrogen-bond acceptors (Lipinski definition) is 5. The molecule has 0 atom stereocenters. The molecule has 0 radical (unpaired) electrons. The Kier molecular flexibility index (Phi) is 5.35. The van der Waals surface area contributed by atoms with Gasteiger partial charge in [0.25, 0.3) is 5.91 Å². The van der Waals surface area contributed by atoms with E-state index in [4.69, 9.17) is 15.7 Å². The Morgan fingerprint density at radius 2 is 2.21 bits per heavy atom. The van der Waals surface area contributed by atoms with Crippen LogP contribution in [0.3, 0.4) is 0 Å². The Bertz CT molecular complexity index is 520. The van der Waals surface area contributed by atoms with E-state index in [0.29, 0.717) is 5.69 Å². The van der Waals surface area contributed by atoms with Gasteiger partial charge in [0.1, 0.15) is 0 Å². The number of benzene rings is 1. The van der Waals surface area contributed by atoms with Gasteiger partial charge in [-0.2, -0.15) is 5.26 Å². The number of ether oxygens (including phenoxy) is 1. The molecule has 0 saturated carbocycles. The molecule has 0 aliphatic heterocycles. The summed E-state index contributed by atoms with van der Waals surface area (Å²) in [4.78, 5) is 23.0. The van der Waals surface area contributed by atoms with Crippen LogP contribution in [0.1, 0.15) is 22.3 Å². The van der Waals surface area contributed by atoms with Crippen molar-refractivity contribution in [3.63, 3.8) is 0 Å². The first-order chi connectivity index (χ1) is 9.06. The number of amides is 1. The van der Waals surface area contributed by atoms with Crippen molar-refractivity contribution < 1.29 is 14.3 Å². The van der Waals surface area contributed by atoms with Gasteiger partial charge in [-0.3, -0.25) is 4.79 Å². The fraction of sp³-hybridized carbons (Fsp3) is 0.308. The van der Waals surface area contributed by atoms with Gasteiger partial charge >= 0.3 is 5.97 Å². The van der Waals surface area contributed by atoms with Crippen molar-refractivity contribution in [1.82, 2.24) is 5.32 Å². The summed E-state index contributed by atoms with van der Waals surface area (Å²) >= 11 is 0. The van der Waals surface area contributed by atoms with Gasteiger partial charge in [-0.15, -0.1) is 0 Å². The maximum atomic E-state index is 11.7. The smallest absolute Gasteiger partial charge is 0.340 e. The molecular formula is C13H15N3O3. The van der Waals surface area contributed by atoms with Crippen molar-refractivity contribution in [3.8, 4) is 6.07 Å². The summed E-state index contributed by atoms with van der Waals surface area (Å²) in [6.07, 6.45) is 0.213. The van der Waals surface area contributed by atoms with Crippen LogP contribution in [0.15, 0.2) is 18.2 Å². The molecule has 0 aromatic heterocycles. The zero-order valence-electron chi connectivity index (χ0n) is 10.6. The summed E-state index contributed by atoms with van der Waals surface area (Å²) in [7, 11) is 0. The number of para-hydroxylation sites is 1. The first kappa shape index (κ1) is 14.5. The molecule has 1 rings (SSSR count). The van der Waals surface area contributed by atoms with Crippen molar-refractivity contribution in [3.05, 3.63) is 29.3 Å². The van der Waals surface area contributed by atoms with Crippen molar-refractivity contribution >= 4 is 17.6 Å². The summed E-state index contributed by atoms with van der Waals surface area (Å²) in [6.45, 7) is 1.62. The Balaban J connectivity index is 2.50. The van der Waals surface area contributed by atoms with Crippen LogP contribution in [0.2, 0.25) is 0 Å². The lowest BCUT2D eigenvalue weighted by Crippen LogP contribution is -2.29. The third-order valence-electron chi connectivity index (χ3n) is 2.44. The lowest BCUT2D eigenvalue weighted by Gasteiger charge is -2.08. The quantitative estimate of drug-likeness (QED) is 0.462. The number of esters is 1. The van der Waals surface area contributed by atoms with Gasteiger partial charge in [0.05, 0.1) is 18.1 Å². The zero-order chi connectivity index (χ0) is 14.3. The molecule has 0 unspecified atom stereocenters. The highest BCUT2D eigenvalue weighted by Gasteiger charge is 2.13. The van der Waals surface area contributed by atoms with Crippen LogP contribution in [0.4, 0.5) is 5.69 Å². The molecule has 0 bridgehead atoms. The molecule has 0 spiro atoms. The maximum absolute atomic E-state index is 11.7. The minimum absolute atomic E-state index is 0.213. The zero-order valence-corrected chi connectivity index (χ0v) is 10.6. The largest absolute Gasteiger partial charge is 0.452 e. The minimum Gasteiger partial charge on any atom is -0.452 e. The number of nitrogens with one attached hydrogen (secondary N) is 1. The summed E-state index contributed by atoms with van der Waals surface area (Å²) in [5.74, 6) is -1.09. The fourth-order valence-electron chi connectivity index (χ4n) is 1.38. The van der Waals surface area contributed by atoms with E-state index in [0.717, 1.165) is 5.56 Å². The van der Waals surface area contributed by atoms with Crippen molar-refractivity contribution in [1.29, 1.82) is 5.26 Å². The Morgan fingerprint density at radius 3 is 2.89 bits per heavy atom. The highest BCUT2D eigenvalue weighted by Crippen LogP contribution is 2.17. The van der Waals surface area contributed by atoms with E-state index < -0.39 is 18.5 Å². The van der Waals surface area contributed by atoms with E-state index in [2.05, 4.69) is 5.32 Å². The summed E-state index contributed by atoms with van der Waals surface area (Å²) in [5.41, 5.74) is 7.11. The number of carbonyl (C=O) groups excluding carboxylic acids is 2. The molecule has 6 nitrogen and oxygen atoms in total. The minimum atomic E-state index is -0.642. The van der Waals surface area contributed by atoms with E-state index in [9.17, 15) is 9.59 Å². The number of nitriles is 1. The van der Waals surface area contributed by atoms with Crippen LogP contribution in [0.5, 0.6) is 0 Å². The number of anilines is 1. The monoisotopic (exact) mass is 261 g/mol. The molecule has 0 fully saturated rings. The van der Waals surface area contributed by atoms with Gasteiger partial charge in [0.2, 0.25) is 0 Å². The van der Waals surface area contributed by atoms with E-state index >= 15 is 0 Å². The molecule has 3 N–H and O–H groups in total. The van der Waals surface area contributed by atoms with Crippen LogP contribution >= 0.6 is 0 Å². The Hall–Kier alpha value is -2.55. The van der Waals surface area contributed by atoms with Gasteiger partial charge in [-0.05, 0) is 18.6 Å². The molecule has 1 aromatic carbocycles. The van der Waals surface area contributed by atoms with Gasteiger partial charge in [0, 0.05) is 12.2 Å². The van der Waals surface area contributed by atoms with Crippen molar-refractivity contribution in [2.75, 3.05) is 18.9 Å². The lowest BCUT2D eigenvalue weighted by atomic mass is 10.1. The van der Waals surface area contributed by atoms with E-state index in [1.165, 1.54) is 6.07 Å². The molecular weight excluding hydrogens is 246 g/mol. The topological polar surface area (TPSA) is 105 Å². The maximum Gasteiger partial charge on any atom is 0.340 e. The third kappa shape index (κ3) is 4.32. The number of carbonyl (C=O) groups is 2. The van der Waals surface area contributed by atoms with Crippen molar-refractivity contribution in [2.45, 2.75) is 13.3 Å². The second kappa shape index (κ2) is 7.01. The summed E-state index contributed by atoms with van der Waals surface area (Å²) < 4.78 is 4.84. The highest BCUT2D eigenvalue weighted by atomic mass is 16.5. The summed E-state index contributed by atoms with van der Waals surface area (Å²) in [6, 6.07) is 6.90. The van der Waals surface area contributed by atoms with Gasteiger partial charge in [-0.25, -0.2) is 4.79 Å². The number of nitrogens with zero attached hydrogens (tertiary/aromatic N) is 1. The Labute approximate surface area is 111 Å². The molecule has 0 aliphatic carbocycles. The molecule has 0 heterocycles. The Morgan fingerprint density at radius 1 is 1.47 bits per heavy atom. The van der Waals surface area contributed by atoms with Crippen LogP contribution in [0.25, 0.3) is 0 Å². The molecule has 0 saturated heterocycles. The lowest BCUT2D eigenvalue weighted by molar-refractivity contribution is -0.124. The van der Waals surface area contributed by atoms with Gasteiger partial charge in [0.15, 0.2) is 6.61 Å². The first-order valence-electron chi connectivity index (χ1n) is 5.72. The molecule has 19 heavy (non-hydrogen) atoms. The molecule has 6 heteroatoms. The molecule has 1 aromatic rings. The predicted molar refractivity (Wildman–Crippen MR) is 69.1 cm³/mol. The van der Waals surface area contributed by atoms with Crippen LogP contribution < -0.4 is 11.1 Å². The number of hydrogen-bond donors (Lipinski definition) is 2. The second-order valence-corrected chi connectivity index (χ2v) is 3.87. The normalized spacial score (nSPS) is 9.47. The average Bonchev–Trinajstić information content (AvgIpc) is 2.39. The number of nitrogen functional groups attached to an aromatic ring is 1. The summed E-state index contributed by atoms with van der Waals surface area (Å²) in [5, 5.41) is 10.7. The van der Waals surface area contributed by atoms with E-state index in [1.807, 2.05) is 6.07 Å². The molecule has 1 amide bonds.